The van der Waals surface area contributed by atoms with Gasteiger partial charge >= 0.3 is 0 Å². The third-order valence-corrected chi connectivity index (χ3v) is 1.96. The predicted molar refractivity (Wildman–Crippen MR) is 38.8 cm³/mol. The first-order valence-corrected chi connectivity index (χ1v) is 4.03. The molecule has 0 aliphatic heterocycles. The molecule has 1 fully saturated rings. The summed E-state index contributed by atoms with van der Waals surface area (Å²) in [5, 5.41) is 0. The molecule has 0 saturated heterocycles. The standard InChI is InChI=1S/C8H15FO/c1-2-6-10-7-8(9)4-3-5-8/h2-7H2,1H3. The van der Waals surface area contributed by atoms with Crippen molar-refractivity contribution in [1.82, 2.24) is 0 Å². The zero-order chi connectivity index (χ0) is 7.45. The number of alkyl halides is 1. The summed E-state index contributed by atoms with van der Waals surface area (Å²) < 4.78 is 18.2. The van der Waals surface area contributed by atoms with Crippen molar-refractivity contribution in [3.63, 3.8) is 0 Å². The average Bonchev–Trinajstić information content (AvgIpc) is 1.85. The molecule has 1 nitrogen and oxygen atoms in total. The Balaban J connectivity index is 2.01. The van der Waals surface area contributed by atoms with Gasteiger partial charge in [-0.3, -0.25) is 0 Å². The van der Waals surface area contributed by atoms with E-state index in [1.807, 2.05) is 6.92 Å². The Morgan fingerprint density at radius 3 is 2.60 bits per heavy atom. The van der Waals surface area contributed by atoms with Gasteiger partial charge in [0.1, 0.15) is 5.67 Å². The van der Waals surface area contributed by atoms with Crippen molar-refractivity contribution in [2.45, 2.75) is 38.3 Å². The average molecular weight is 146 g/mol. The fraction of sp³-hybridized carbons (Fsp3) is 1.00. The number of hydrogen-bond acceptors (Lipinski definition) is 1. The SMILES string of the molecule is CCCOCC1(F)CCC1. The molecular formula is C8H15FO. The van der Waals surface area contributed by atoms with Crippen LogP contribution in [-0.4, -0.2) is 18.9 Å². The maximum atomic E-state index is 13.1. The summed E-state index contributed by atoms with van der Waals surface area (Å²) in [6.45, 7) is 3.05. The first-order chi connectivity index (χ1) is 4.77. The van der Waals surface area contributed by atoms with Crippen LogP contribution in [-0.2, 0) is 4.74 Å². The quantitative estimate of drug-likeness (QED) is 0.553. The minimum absolute atomic E-state index is 0.320. The number of halogens is 1. The van der Waals surface area contributed by atoms with Crippen molar-refractivity contribution < 1.29 is 9.13 Å². The highest BCUT2D eigenvalue weighted by molar-refractivity contribution is 4.87. The summed E-state index contributed by atoms with van der Waals surface area (Å²) in [5.74, 6) is 0. The zero-order valence-electron chi connectivity index (χ0n) is 6.53. The topological polar surface area (TPSA) is 9.23 Å². The van der Waals surface area contributed by atoms with Gasteiger partial charge < -0.3 is 4.74 Å². The Hall–Kier alpha value is -0.110. The Labute approximate surface area is 61.6 Å². The largest absolute Gasteiger partial charge is 0.378 e. The molecule has 60 valence electrons. The van der Waals surface area contributed by atoms with E-state index in [0.29, 0.717) is 26.1 Å². The van der Waals surface area contributed by atoms with Gasteiger partial charge in [0.25, 0.3) is 0 Å². The number of hydrogen-bond donors (Lipinski definition) is 0. The molecule has 0 atom stereocenters. The first kappa shape index (κ1) is 7.99. The molecule has 0 amide bonds. The summed E-state index contributed by atoms with van der Waals surface area (Å²) >= 11 is 0. The van der Waals surface area contributed by atoms with E-state index in [4.69, 9.17) is 4.74 Å². The van der Waals surface area contributed by atoms with Gasteiger partial charge in [-0.05, 0) is 25.7 Å². The normalized spacial score (nSPS) is 22.2. The van der Waals surface area contributed by atoms with Crippen LogP contribution in [0, 0.1) is 0 Å². The fourth-order valence-electron chi connectivity index (χ4n) is 1.10. The van der Waals surface area contributed by atoms with Gasteiger partial charge in [0.05, 0.1) is 6.61 Å². The highest BCUT2D eigenvalue weighted by Crippen LogP contribution is 2.35. The molecular weight excluding hydrogens is 131 g/mol. The highest BCUT2D eigenvalue weighted by Gasteiger charge is 2.36. The lowest BCUT2D eigenvalue weighted by molar-refractivity contribution is -0.0338. The maximum Gasteiger partial charge on any atom is 0.134 e. The van der Waals surface area contributed by atoms with E-state index in [0.717, 1.165) is 12.8 Å². The van der Waals surface area contributed by atoms with Crippen molar-refractivity contribution in [3.05, 3.63) is 0 Å². The molecule has 0 aromatic heterocycles. The molecule has 0 radical (unpaired) electrons. The maximum absolute atomic E-state index is 13.1. The van der Waals surface area contributed by atoms with Gasteiger partial charge in [-0.15, -0.1) is 0 Å². The fourth-order valence-corrected chi connectivity index (χ4v) is 1.10. The van der Waals surface area contributed by atoms with Crippen LogP contribution < -0.4 is 0 Å². The monoisotopic (exact) mass is 146 g/mol. The van der Waals surface area contributed by atoms with E-state index in [1.165, 1.54) is 0 Å². The van der Waals surface area contributed by atoms with Crippen LogP contribution in [0.25, 0.3) is 0 Å². The molecule has 1 aliphatic rings. The lowest BCUT2D eigenvalue weighted by atomic mass is 9.83. The van der Waals surface area contributed by atoms with Crippen LogP contribution in [0.5, 0.6) is 0 Å². The molecule has 0 unspecified atom stereocenters. The summed E-state index contributed by atoms with van der Waals surface area (Å²) in [5.41, 5.74) is -0.949. The molecule has 2 heteroatoms. The summed E-state index contributed by atoms with van der Waals surface area (Å²) in [6.07, 6.45) is 3.43. The molecule has 0 heterocycles. The van der Waals surface area contributed by atoms with Crippen LogP contribution in [0.1, 0.15) is 32.6 Å². The smallest absolute Gasteiger partial charge is 0.134 e. The molecule has 1 saturated carbocycles. The van der Waals surface area contributed by atoms with Crippen LogP contribution >= 0.6 is 0 Å². The number of rotatable bonds is 4. The summed E-state index contributed by atoms with van der Waals surface area (Å²) in [6, 6.07) is 0. The Kier molecular flexibility index (Phi) is 2.66. The van der Waals surface area contributed by atoms with E-state index in [-0.39, 0.29) is 0 Å². The second-order valence-corrected chi connectivity index (χ2v) is 3.06. The Morgan fingerprint density at radius 2 is 2.20 bits per heavy atom. The third kappa shape index (κ3) is 1.94. The third-order valence-electron chi connectivity index (χ3n) is 1.96. The van der Waals surface area contributed by atoms with E-state index in [1.54, 1.807) is 0 Å². The minimum atomic E-state index is -0.949. The highest BCUT2D eigenvalue weighted by atomic mass is 19.1. The zero-order valence-corrected chi connectivity index (χ0v) is 6.53. The second-order valence-electron chi connectivity index (χ2n) is 3.06. The van der Waals surface area contributed by atoms with Crippen LogP contribution in [0.3, 0.4) is 0 Å². The first-order valence-electron chi connectivity index (χ1n) is 4.03. The summed E-state index contributed by atoms with van der Waals surface area (Å²) in [7, 11) is 0. The van der Waals surface area contributed by atoms with Crippen molar-refractivity contribution >= 4 is 0 Å². The van der Waals surface area contributed by atoms with E-state index < -0.39 is 5.67 Å². The van der Waals surface area contributed by atoms with Gasteiger partial charge in [0, 0.05) is 6.61 Å². The molecule has 10 heavy (non-hydrogen) atoms. The number of ether oxygens (including phenoxy) is 1. The molecule has 1 aliphatic carbocycles. The lowest BCUT2D eigenvalue weighted by Gasteiger charge is -2.33. The van der Waals surface area contributed by atoms with E-state index in [9.17, 15) is 4.39 Å². The van der Waals surface area contributed by atoms with Crippen molar-refractivity contribution in [1.29, 1.82) is 0 Å². The van der Waals surface area contributed by atoms with Crippen LogP contribution in [0.15, 0.2) is 0 Å². The predicted octanol–water partition coefficient (Wildman–Crippen LogP) is 2.31. The molecule has 0 bridgehead atoms. The second kappa shape index (κ2) is 3.33. The van der Waals surface area contributed by atoms with Crippen molar-refractivity contribution in [2.24, 2.45) is 0 Å². The van der Waals surface area contributed by atoms with Gasteiger partial charge in [-0.25, -0.2) is 4.39 Å². The van der Waals surface area contributed by atoms with Gasteiger partial charge in [0.2, 0.25) is 0 Å². The van der Waals surface area contributed by atoms with Gasteiger partial charge in [-0.2, -0.15) is 0 Å². The summed E-state index contributed by atoms with van der Waals surface area (Å²) in [4.78, 5) is 0. The lowest BCUT2D eigenvalue weighted by Crippen LogP contribution is -2.36. The van der Waals surface area contributed by atoms with Gasteiger partial charge in [0.15, 0.2) is 0 Å². The molecule has 0 aromatic rings. The van der Waals surface area contributed by atoms with Gasteiger partial charge in [-0.1, -0.05) is 6.92 Å². The Morgan fingerprint density at radius 1 is 1.50 bits per heavy atom. The minimum Gasteiger partial charge on any atom is -0.378 e. The van der Waals surface area contributed by atoms with Crippen molar-refractivity contribution in [3.8, 4) is 0 Å². The van der Waals surface area contributed by atoms with Crippen LogP contribution in [0.4, 0.5) is 4.39 Å². The molecule has 0 aromatic carbocycles. The molecule has 1 rings (SSSR count). The Bertz CT molecular complexity index is 99.4. The molecule has 0 spiro atoms. The van der Waals surface area contributed by atoms with E-state index in [2.05, 4.69) is 0 Å². The molecule has 0 N–H and O–H groups in total. The van der Waals surface area contributed by atoms with E-state index >= 15 is 0 Å². The van der Waals surface area contributed by atoms with Crippen molar-refractivity contribution in [2.75, 3.05) is 13.2 Å². The van der Waals surface area contributed by atoms with Crippen LogP contribution in [0.2, 0.25) is 0 Å².